The lowest BCUT2D eigenvalue weighted by Gasteiger charge is -2.37. The monoisotopic (exact) mass is 553 g/mol. The average Bonchev–Trinajstić information content (AvgIpc) is 3.32. The Balaban J connectivity index is 1.34. The number of thiazole rings is 1. The first-order valence-corrected chi connectivity index (χ1v) is 13.5. The molecule has 198 valence electrons. The van der Waals surface area contributed by atoms with Gasteiger partial charge in [-0.15, -0.1) is 11.3 Å². The minimum atomic E-state index is -0.458. The maximum Gasteiger partial charge on any atom is 0.280 e. The summed E-state index contributed by atoms with van der Waals surface area (Å²) >= 11 is 7.36. The second kappa shape index (κ2) is 10.7. The smallest absolute Gasteiger partial charge is 0.280 e. The van der Waals surface area contributed by atoms with E-state index in [2.05, 4.69) is 25.6 Å². The number of hydrogen-bond donors (Lipinski definition) is 2. The topological polar surface area (TPSA) is 120 Å². The molecule has 2 N–H and O–H groups in total. The van der Waals surface area contributed by atoms with E-state index in [1.54, 1.807) is 49.7 Å². The molecule has 0 radical (unpaired) electrons. The number of nitrogens with one attached hydrogen (secondary N) is 2. The number of fused-ring (bicyclic) bond motifs is 2. The molecule has 3 atom stereocenters. The van der Waals surface area contributed by atoms with E-state index in [1.165, 1.54) is 11.3 Å². The van der Waals surface area contributed by atoms with Gasteiger partial charge in [-0.3, -0.25) is 19.4 Å². The number of pyridine rings is 1. The minimum Gasteiger partial charge on any atom is -0.360 e. The molecule has 1 saturated carbocycles. The van der Waals surface area contributed by atoms with Crippen LogP contribution in [0, 0.1) is 5.92 Å². The van der Waals surface area contributed by atoms with Crippen molar-refractivity contribution in [1.29, 1.82) is 0 Å². The first-order chi connectivity index (χ1) is 18.2. The molecule has 1 aromatic carbocycles. The molecular weight excluding hydrogens is 526 g/mol. The van der Waals surface area contributed by atoms with E-state index >= 15 is 0 Å². The predicted octanol–water partition coefficient (Wildman–Crippen LogP) is 3.24. The second-order valence-electron chi connectivity index (χ2n) is 9.89. The van der Waals surface area contributed by atoms with E-state index in [0.29, 0.717) is 41.7 Å². The molecule has 3 amide bonds. The number of amides is 3. The van der Waals surface area contributed by atoms with E-state index in [0.717, 1.165) is 15.6 Å². The van der Waals surface area contributed by atoms with Crippen LogP contribution in [0.15, 0.2) is 35.5 Å². The number of aliphatic imine (C=N–C) groups is 1. The molecule has 10 nitrogen and oxygen atoms in total. The fourth-order valence-corrected chi connectivity index (χ4v) is 6.02. The normalized spacial score (nSPS) is 20.6. The summed E-state index contributed by atoms with van der Waals surface area (Å²) in [5.74, 6) is -0.382. The molecule has 1 aliphatic carbocycles. The quantitative estimate of drug-likeness (QED) is 0.500. The average molecular weight is 554 g/mol. The molecule has 38 heavy (non-hydrogen) atoms. The van der Waals surface area contributed by atoms with Crippen molar-refractivity contribution in [1.82, 2.24) is 30.4 Å². The zero-order valence-electron chi connectivity index (χ0n) is 21.3. The van der Waals surface area contributed by atoms with Crippen molar-refractivity contribution in [3.63, 3.8) is 0 Å². The van der Waals surface area contributed by atoms with Gasteiger partial charge in [0.25, 0.3) is 11.8 Å². The van der Waals surface area contributed by atoms with Gasteiger partial charge in [-0.2, -0.15) is 0 Å². The molecule has 3 aromatic rings. The second-order valence-corrected chi connectivity index (χ2v) is 11.4. The molecule has 0 spiro atoms. The van der Waals surface area contributed by atoms with Crippen LogP contribution < -0.4 is 10.6 Å². The van der Waals surface area contributed by atoms with Gasteiger partial charge >= 0.3 is 0 Å². The summed E-state index contributed by atoms with van der Waals surface area (Å²) in [6, 6.07) is 6.28. The lowest BCUT2D eigenvalue weighted by Crippen LogP contribution is -2.56. The summed E-state index contributed by atoms with van der Waals surface area (Å²) in [6.07, 6.45) is 4.84. The summed E-state index contributed by atoms with van der Waals surface area (Å²) in [6.45, 7) is 0.635. The van der Waals surface area contributed by atoms with E-state index in [1.807, 2.05) is 18.0 Å². The summed E-state index contributed by atoms with van der Waals surface area (Å²) in [7, 11) is 5.35. The minimum absolute atomic E-state index is 0.00553. The number of carbonyl (C=O) groups excluding carboxylic acids is 3. The van der Waals surface area contributed by atoms with Crippen molar-refractivity contribution in [3.05, 3.63) is 51.1 Å². The van der Waals surface area contributed by atoms with Crippen LogP contribution in [0.25, 0.3) is 10.8 Å². The number of carbonyl (C=O) groups is 3. The van der Waals surface area contributed by atoms with Crippen LogP contribution in [0.5, 0.6) is 0 Å². The Morgan fingerprint density at radius 2 is 1.87 bits per heavy atom. The number of rotatable bonds is 5. The third kappa shape index (κ3) is 5.48. The molecule has 2 aliphatic rings. The molecule has 3 unspecified atom stereocenters. The summed E-state index contributed by atoms with van der Waals surface area (Å²) in [5, 5.41) is 8.68. The van der Waals surface area contributed by atoms with Crippen LogP contribution in [0.4, 0.5) is 5.82 Å². The molecular formula is C26H28ClN7O3S. The molecule has 3 heterocycles. The highest BCUT2D eigenvalue weighted by Crippen LogP contribution is 2.31. The zero-order valence-corrected chi connectivity index (χ0v) is 22.8. The largest absolute Gasteiger partial charge is 0.360 e. The van der Waals surface area contributed by atoms with Crippen LogP contribution >= 0.6 is 22.9 Å². The molecule has 1 fully saturated rings. The van der Waals surface area contributed by atoms with Crippen molar-refractivity contribution in [2.24, 2.45) is 10.9 Å². The van der Waals surface area contributed by atoms with Gasteiger partial charge in [0.05, 0.1) is 23.8 Å². The van der Waals surface area contributed by atoms with Gasteiger partial charge in [0, 0.05) is 49.7 Å². The van der Waals surface area contributed by atoms with Crippen LogP contribution in [-0.2, 0) is 11.3 Å². The SMILES string of the molecule is CN1C=Nc2nc(C(=O)NC3CC(C(=O)N(C)C)CCC3NC(=O)c3cc4ccc(Cl)cc4cn3)sc2C1. The van der Waals surface area contributed by atoms with Crippen molar-refractivity contribution in [3.8, 4) is 0 Å². The first-order valence-electron chi connectivity index (χ1n) is 12.3. The Morgan fingerprint density at radius 3 is 2.66 bits per heavy atom. The lowest BCUT2D eigenvalue weighted by atomic mass is 9.81. The maximum absolute atomic E-state index is 13.2. The molecule has 1 aliphatic heterocycles. The predicted molar refractivity (Wildman–Crippen MR) is 147 cm³/mol. The van der Waals surface area contributed by atoms with E-state index in [-0.39, 0.29) is 35.4 Å². The summed E-state index contributed by atoms with van der Waals surface area (Å²) in [5.41, 5.74) is 0.269. The van der Waals surface area contributed by atoms with Gasteiger partial charge < -0.3 is 20.4 Å². The highest BCUT2D eigenvalue weighted by molar-refractivity contribution is 7.14. The summed E-state index contributed by atoms with van der Waals surface area (Å²) in [4.78, 5) is 56.6. The van der Waals surface area contributed by atoms with E-state index in [4.69, 9.17) is 11.6 Å². The number of hydrogen-bond acceptors (Lipinski definition) is 8. The fourth-order valence-electron chi connectivity index (χ4n) is 4.87. The van der Waals surface area contributed by atoms with E-state index < -0.39 is 6.04 Å². The van der Waals surface area contributed by atoms with Gasteiger partial charge in [-0.1, -0.05) is 17.7 Å². The van der Waals surface area contributed by atoms with Gasteiger partial charge in [-0.05, 0) is 42.8 Å². The Bertz CT molecular complexity index is 1440. The molecule has 5 rings (SSSR count). The first kappa shape index (κ1) is 26.1. The van der Waals surface area contributed by atoms with Crippen molar-refractivity contribution < 1.29 is 14.4 Å². The maximum atomic E-state index is 13.2. The molecule has 0 bridgehead atoms. The standard InChI is InChI=1S/C26H28ClN7O3S/c1-33(2)26(37)15-5-7-18(30-23(35)20-9-14-4-6-17(27)8-16(14)11-28-20)19(10-15)31-24(36)25-32-22-21(38-25)12-34(3)13-29-22/h4,6,8-9,11,13,15,18-19H,5,7,10,12H2,1-3H3,(H,30,35)(H,31,36). The van der Waals surface area contributed by atoms with Crippen molar-refractivity contribution >= 4 is 63.6 Å². The highest BCUT2D eigenvalue weighted by Gasteiger charge is 2.37. The van der Waals surface area contributed by atoms with Crippen molar-refractivity contribution in [2.75, 3.05) is 21.1 Å². The summed E-state index contributed by atoms with van der Waals surface area (Å²) < 4.78 is 0. The highest BCUT2D eigenvalue weighted by atomic mass is 35.5. The third-order valence-electron chi connectivity index (χ3n) is 6.83. The van der Waals surface area contributed by atoms with Crippen LogP contribution in [0.1, 0.15) is 44.4 Å². The van der Waals surface area contributed by atoms with Gasteiger partial charge in [0.15, 0.2) is 10.8 Å². The van der Waals surface area contributed by atoms with Crippen LogP contribution in [0.2, 0.25) is 5.02 Å². The Hall–Kier alpha value is -3.57. The fraction of sp³-hybridized carbons (Fsp3) is 0.385. The van der Waals surface area contributed by atoms with Crippen LogP contribution in [-0.4, -0.2) is 77.1 Å². The number of benzene rings is 1. The Labute approximate surface area is 229 Å². The van der Waals surface area contributed by atoms with Crippen molar-refractivity contribution in [2.45, 2.75) is 37.9 Å². The number of nitrogens with zero attached hydrogens (tertiary/aromatic N) is 5. The number of aromatic nitrogens is 2. The molecule has 2 aromatic heterocycles. The van der Waals surface area contributed by atoms with Crippen LogP contribution in [0.3, 0.4) is 0 Å². The van der Waals surface area contributed by atoms with Gasteiger partial charge in [0.2, 0.25) is 5.91 Å². The lowest BCUT2D eigenvalue weighted by molar-refractivity contribution is -0.134. The Morgan fingerprint density at radius 1 is 1.08 bits per heavy atom. The Kier molecular flexibility index (Phi) is 7.31. The zero-order chi connectivity index (χ0) is 27.0. The third-order valence-corrected chi connectivity index (χ3v) is 8.09. The van der Waals surface area contributed by atoms with Gasteiger partial charge in [-0.25, -0.2) is 9.98 Å². The van der Waals surface area contributed by atoms with Gasteiger partial charge in [0.1, 0.15) is 5.69 Å². The molecule has 12 heteroatoms. The number of halogens is 1. The molecule has 0 saturated heterocycles. The van der Waals surface area contributed by atoms with E-state index in [9.17, 15) is 14.4 Å².